The zero-order valence-corrected chi connectivity index (χ0v) is 14.2. The molecule has 11 heteroatoms. The second-order valence-electron chi connectivity index (χ2n) is 4.92. The quantitative estimate of drug-likeness (QED) is 0.551. The van der Waals surface area contributed by atoms with E-state index in [9.17, 15) is 28.1 Å². The molecular weight excluding hydrogens is 400 g/mol. The van der Waals surface area contributed by atoms with Crippen LogP contribution >= 0.6 is 23.2 Å². The minimum atomic E-state index is -4.57. The fraction of sp³-hybridized carbons (Fsp3) is 0.133. The number of nitrogens with one attached hydrogen (secondary N) is 1. The van der Waals surface area contributed by atoms with E-state index in [1.54, 1.807) is 0 Å². The van der Waals surface area contributed by atoms with Gasteiger partial charge in [0.1, 0.15) is 5.75 Å². The van der Waals surface area contributed by atoms with Crippen LogP contribution in [0.3, 0.4) is 0 Å². The number of alkyl halides is 3. The van der Waals surface area contributed by atoms with Crippen molar-refractivity contribution in [1.29, 1.82) is 0 Å². The van der Waals surface area contributed by atoms with Crippen molar-refractivity contribution in [1.82, 2.24) is 0 Å². The largest absolute Gasteiger partial charge is 0.482 e. The van der Waals surface area contributed by atoms with Crippen LogP contribution in [0.5, 0.6) is 5.75 Å². The molecule has 2 aromatic carbocycles. The molecule has 1 N–H and O–H groups in total. The molecular formula is C15H9Cl2F3N2O4. The molecule has 0 aliphatic rings. The minimum Gasteiger partial charge on any atom is -0.482 e. The molecule has 0 atom stereocenters. The lowest BCUT2D eigenvalue weighted by Gasteiger charge is -2.14. The van der Waals surface area contributed by atoms with Gasteiger partial charge in [0, 0.05) is 17.2 Å². The van der Waals surface area contributed by atoms with Crippen molar-refractivity contribution >= 4 is 40.5 Å². The number of halogens is 5. The van der Waals surface area contributed by atoms with Crippen molar-refractivity contribution in [2.45, 2.75) is 6.18 Å². The molecule has 2 rings (SSSR count). The van der Waals surface area contributed by atoms with Crippen LogP contribution < -0.4 is 10.1 Å². The number of rotatable bonds is 5. The monoisotopic (exact) mass is 408 g/mol. The highest BCUT2D eigenvalue weighted by atomic mass is 35.5. The summed E-state index contributed by atoms with van der Waals surface area (Å²) in [4.78, 5) is 22.3. The molecule has 1 amide bonds. The van der Waals surface area contributed by atoms with E-state index in [0.717, 1.165) is 18.2 Å². The van der Waals surface area contributed by atoms with Gasteiger partial charge in [-0.1, -0.05) is 23.2 Å². The molecule has 0 unspecified atom stereocenters. The number of anilines is 1. The fourth-order valence-electron chi connectivity index (χ4n) is 1.88. The number of nitro benzene ring substituents is 1. The molecule has 6 nitrogen and oxygen atoms in total. The van der Waals surface area contributed by atoms with Gasteiger partial charge in [-0.25, -0.2) is 0 Å². The standard InChI is InChI=1S/C15H9Cl2F3N2O4/c16-8-1-4-13(26-7-15(18,19)20)12(5-8)21-14(23)10-3-2-9(22(24)25)6-11(10)17/h1-6H,7H2,(H,21,23). The lowest BCUT2D eigenvalue weighted by atomic mass is 10.2. The SMILES string of the molecule is O=C(Nc1cc(Cl)ccc1OCC(F)(F)F)c1ccc([N+](=O)[O-])cc1Cl. The second-order valence-corrected chi connectivity index (χ2v) is 5.76. The summed E-state index contributed by atoms with van der Waals surface area (Å²) in [6, 6.07) is 6.83. The molecule has 0 saturated heterocycles. The summed E-state index contributed by atoms with van der Waals surface area (Å²) in [5, 5.41) is 13.0. The molecule has 0 spiro atoms. The van der Waals surface area contributed by atoms with E-state index in [1.807, 2.05) is 0 Å². The average molecular weight is 409 g/mol. The predicted molar refractivity (Wildman–Crippen MR) is 89.1 cm³/mol. The van der Waals surface area contributed by atoms with E-state index < -0.39 is 23.6 Å². The predicted octanol–water partition coefficient (Wildman–Crippen LogP) is 5.10. The van der Waals surface area contributed by atoms with E-state index in [0.29, 0.717) is 0 Å². The summed E-state index contributed by atoms with van der Waals surface area (Å²) in [5.74, 6) is -1.05. The van der Waals surface area contributed by atoms with Crippen LogP contribution in [0.2, 0.25) is 10.0 Å². The van der Waals surface area contributed by atoms with Crippen molar-refractivity contribution in [3.8, 4) is 5.75 Å². The minimum absolute atomic E-state index is 0.110. The summed E-state index contributed by atoms with van der Waals surface area (Å²) in [5.41, 5.74) is -0.538. The third kappa shape index (κ3) is 5.24. The Balaban J connectivity index is 2.26. The third-order valence-electron chi connectivity index (χ3n) is 2.99. The van der Waals surface area contributed by atoms with Gasteiger partial charge in [-0.15, -0.1) is 0 Å². The van der Waals surface area contributed by atoms with Gasteiger partial charge < -0.3 is 10.1 Å². The van der Waals surface area contributed by atoms with Crippen LogP contribution in [-0.2, 0) is 0 Å². The van der Waals surface area contributed by atoms with E-state index in [4.69, 9.17) is 23.2 Å². The highest BCUT2D eigenvalue weighted by molar-refractivity contribution is 6.34. The number of nitrogens with zero attached hydrogens (tertiary/aromatic N) is 1. The van der Waals surface area contributed by atoms with Gasteiger partial charge in [0.15, 0.2) is 6.61 Å². The smallest absolute Gasteiger partial charge is 0.422 e. The second kappa shape index (κ2) is 7.79. The normalized spacial score (nSPS) is 11.1. The van der Waals surface area contributed by atoms with Gasteiger partial charge in [0.05, 0.1) is 21.2 Å². The number of nitro groups is 1. The first-order chi connectivity index (χ1) is 12.1. The van der Waals surface area contributed by atoms with E-state index >= 15 is 0 Å². The zero-order chi connectivity index (χ0) is 19.5. The maximum atomic E-state index is 12.3. The number of hydrogen-bond donors (Lipinski definition) is 1. The number of ether oxygens (including phenoxy) is 1. The molecule has 26 heavy (non-hydrogen) atoms. The lowest BCUT2D eigenvalue weighted by Crippen LogP contribution is -2.20. The summed E-state index contributed by atoms with van der Waals surface area (Å²) < 4.78 is 41.6. The van der Waals surface area contributed by atoms with Crippen molar-refractivity contribution < 1.29 is 27.6 Å². The Morgan fingerprint density at radius 1 is 1.19 bits per heavy atom. The van der Waals surface area contributed by atoms with Gasteiger partial charge in [0.25, 0.3) is 11.6 Å². The Kier molecular flexibility index (Phi) is 5.94. The molecule has 0 aromatic heterocycles. The Labute approximate surface area is 154 Å². The number of hydrogen-bond acceptors (Lipinski definition) is 4. The maximum absolute atomic E-state index is 12.3. The van der Waals surface area contributed by atoms with E-state index in [1.165, 1.54) is 18.2 Å². The topological polar surface area (TPSA) is 81.5 Å². The molecule has 0 aliphatic heterocycles. The van der Waals surface area contributed by atoms with Crippen molar-refractivity contribution in [2.24, 2.45) is 0 Å². The number of non-ortho nitro benzene ring substituents is 1. The number of carbonyl (C=O) groups excluding carboxylic acids is 1. The number of carbonyl (C=O) groups is 1. The molecule has 0 fully saturated rings. The Hall–Kier alpha value is -2.52. The Bertz CT molecular complexity index is 859. The highest BCUT2D eigenvalue weighted by Crippen LogP contribution is 2.31. The van der Waals surface area contributed by atoms with Crippen molar-refractivity contribution in [3.63, 3.8) is 0 Å². The first-order valence-corrected chi connectivity index (χ1v) is 7.57. The van der Waals surface area contributed by atoms with E-state index in [2.05, 4.69) is 10.1 Å². The summed E-state index contributed by atoms with van der Waals surface area (Å²) >= 11 is 11.6. The summed E-state index contributed by atoms with van der Waals surface area (Å²) in [6.45, 7) is -1.56. The molecule has 0 heterocycles. The molecule has 0 radical (unpaired) electrons. The Morgan fingerprint density at radius 2 is 1.88 bits per heavy atom. The third-order valence-corrected chi connectivity index (χ3v) is 3.54. The number of amides is 1. The van der Waals surface area contributed by atoms with Crippen molar-refractivity contribution in [3.05, 3.63) is 62.1 Å². The molecule has 138 valence electrons. The first-order valence-electron chi connectivity index (χ1n) is 6.81. The van der Waals surface area contributed by atoms with Gasteiger partial charge in [-0.3, -0.25) is 14.9 Å². The summed E-state index contributed by atoms with van der Waals surface area (Å²) in [7, 11) is 0. The van der Waals surface area contributed by atoms with E-state index in [-0.39, 0.29) is 32.7 Å². The van der Waals surface area contributed by atoms with Crippen LogP contribution in [0.4, 0.5) is 24.5 Å². The zero-order valence-electron chi connectivity index (χ0n) is 12.6. The number of benzene rings is 2. The average Bonchev–Trinajstić information content (AvgIpc) is 2.52. The lowest BCUT2D eigenvalue weighted by molar-refractivity contribution is -0.384. The van der Waals surface area contributed by atoms with Crippen LogP contribution in [-0.4, -0.2) is 23.6 Å². The summed E-state index contributed by atoms with van der Waals surface area (Å²) in [6.07, 6.45) is -4.57. The Morgan fingerprint density at radius 3 is 2.46 bits per heavy atom. The highest BCUT2D eigenvalue weighted by Gasteiger charge is 2.29. The maximum Gasteiger partial charge on any atom is 0.422 e. The van der Waals surface area contributed by atoms with Crippen LogP contribution in [0.15, 0.2) is 36.4 Å². The van der Waals surface area contributed by atoms with Gasteiger partial charge in [0.2, 0.25) is 0 Å². The van der Waals surface area contributed by atoms with Gasteiger partial charge in [-0.2, -0.15) is 13.2 Å². The van der Waals surface area contributed by atoms with Crippen molar-refractivity contribution in [2.75, 3.05) is 11.9 Å². The van der Waals surface area contributed by atoms with Crippen LogP contribution in [0.1, 0.15) is 10.4 Å². The molecule has 2 aromatic rings. The van der Waals surface area contributed by atoms with Crippen LogP contribution in [0.25, 0.3) is 0 Å². The molecule has 0 bridgehead atoms. The molecule has 0 saturated carbocycles. The fourth-order valence-corrected chi connectivity index (χ4v) is 2.31. The first kappa shape index (κ1) is 19.8. The van der Waals surface area contributed by atoms with Crippen LogP contribution in [0, 0.1) is 10.1 Å². The molecule has 0 aliphatic carbocycles. The van der Waals surface area contributed by atoms with Gasteiger partial charge in [-0.05, 0) is 24.3 Å². The van der Waals surface area contributed by atoms with Gasteiger partial charge >= 0.3 is 6.18 Å².